The third kappa shape index (κ3) is 1.78. The molecule has 0 amide bonds. The molecule has 0 spiro atoms. The lowest BCUT2D eigenvalue weighted by atomic mass is 10.0. The van der Waals surface area contributed by atoms with Crippen LogP contribution in [0.25, 0.3) is 11.1 Å². The van der Waals surface area contributed by atoms with Gasteiger partial charge in [-0.3, -0.25) is 4.98 Å². The number of benzene rings is 1. The molecule has 4 nitrogen and oxygen atoms in total. The zero-order chi connectivity index (χ0) is 12.0. The lowest BCUT2D eigenvalue weighted by Crippen LogP contribution is -2.18. The summed E-state index contributed by atoms with van der Waals surface area (Å²) in [7, 11) is 1.98. The molecule has 90 valence electrons. The maximum absolute atomic E-state index is 11.1. The smallest absolute Gasteiger partial charge is 0.408 e. The van der Waals surface area contributed by atoms with E-state index in [9.17, 15) is 4.79 Å². The number of H-pyrrole nitrogens is 1. The van der Waals surface area contributed by atoms with Gasteiger partial charge in [0.1, 0.15) is 0 Å². The van der Waals surface area contributed by atoms with E-state index in [0.717, 1.165) is 11.4 Å². The van der Waals surface area contributed by atoms with Crippen LogP contribution in [0.5, 0.6) is 0 Å². The van der Waals surface area contributed by atoms with Gasteiger partial charge in [0.2, 0.25) is 0 Å². The number of rotatable bonds is 3. The number of aromatic nitrogens is 1. The maximum atomic E-state index is 11.1. The summed E-state index contributed by atoms with van der Waals surface area (Å²) in [5, 5.41) is 3.35. The van der Waals surface area contributed by atoms with Crippen LogP contribution in [0.4, 0.5) is 0 Å². The Morgan fingerprint density at radius 2 is 2.29 bits per heavy atom. The normalized spacial score (nSPS) is 25.1. The molecular weight excluding hydrogens is 216 g/mol. The van der Waals surface area contributed by atoms with Gasteiger partial charge in [0.15, 0.2) is 5.58 Å². The number of aromatic amines is 1. The monoisotopic (exact) mass is 232 g/mol. The van der Waals surface area contributed by atoms with Crippen molar-refractivity contribution in [1.82, 2.24) is 10.3 Å². The first-order valence-corrected chi connectivity index (χ1v) is 5.99. The lowest BCUT2D eigenvalue weighted by molar-refractivity contribution is 0.502. The van der Waals surface area contributed by atoms with Gasteiger partial charge in [0.05, 0.1) is 5.52 Å². The first-order chi connectivity index (χ1) is 8.19. The van der Waals surface area contributed by atoms with Crippen LogP contribution in [-0.4, -0.2) is 12.0 Å². The second kappa shape index (κ2) is 3.74. The van der Waals surface area contributed by atoms with Crippen LogP contribution in [0, 0.1) is 11.8 Å². The molecule has 1 aromatic heterocycles. The fraction of sp³-hybridized carbons (Fsp3) is 0.462. The predicted molar refractivity (Wildman–Crippen MR) is 65.9 cm³/mol. The highest BCUT2D eigenvalue weighted by Gasteiger charge is 2.39. The largest absolute Gasteiger partial charge is 0.417 e. The van der Waals surface area contributed by atoms with E-state index in [1.807, 2.05) is 19.2 Å². The summed E-state index contributed by atoms with van der Waals surface area (Å²) >= 11 is 0. The van der Waals surface area contributed by atoms with Gasteiger partial charge in [0.25, 0.3) is 0 Å². The molecule has 17 heavy (non-hydrogen) atoms. The van der Waals surface area contributed by atoms with E-state index in [0.29, 0.717) is 17.5 Å². The average molecular weight is 232 g/mol. The molecule has 0 aliphatic heterocycles. The zero-order valence-corrected chi connectivity index (χ0v) is 9.99. The molecule has 0 bridgehead atoms. The molecule has 3 atom stereocenters. The van der Waals surface area contributed by atoms with Crippen molar-refractivity contribution in [2.45, 2.75) is 19.4 Å². The topological polar surface area (TPSA) is 58.0 Å². The second-order valence-electron chi connectivity index (χ2n) is 4.91. The van der Waals surface area contributed by atoms with Gasteiger partial charge in [-0.25, -0.2) is 4.79 Å². The Hall–Kier alpha value is -1.55. The summed E-state index contributed by atoms with van der Waals surface area (Å²) in [5.41, 5.74) is 2.59. The second-order valence-corrected chi connectivity index (χ2v) is 4.91. The average Bonchev–Trinajstić information content (AvgIpc) is 2.88. The minimum atomic E-state index is -0.391. The van der Waals surface area contributed by atoms with Crippen molar-refractivity contribution in [2.24, 2.45) is 11.8 Å². The van der Waals surface area contributed by atoms with E-state index in [-0.39, 0.29) is 0 Å². The van der Waals surface area contributed by atoms with Gasteiger partial charge in [-0.2, -0.15) is 0 Å². The predicted octanol–water partition coefficient (Wildman–Crippen LogP) is 2.04. The Bertz CT molecular complexity index is 599. The minimum absolute atomic E-state index is 0.356. The van der Waals surface area contributed by atoms with E-state index < -0.39 is 5.76 Å². The maximum Gasteiger partial charge on any atom is 0.417 e. The molecule has 0 radical (unpaired) electrons. The Kier molecular flexibility index (Phi) is 2.33. The molecule has 1 heterocycles. The molecule has 1 fully saturated rings. The van der Waals surface area contributed by atoms with Crippen LogP contribution >= 0.6 is 0 Å². The Morgan fingerprint density at radius 3 is 2.94 bits per heavy atom. The molecule has 1 aliphatic rings. The van der Waals surface area contributed by atoms with E-state index >= 15 is 0 Å². The van der Waals surface area contributed by atoms with Gasteiger partial charge >= 0.3 is 5.76 Å². The molecule has 1 saturated carbocycles. The number of oxazole rings is 1. The fourth-order valence-corrected chi connectivity index (χ4v) is 2.60. The highest BCUT2D eigenvalue weighted by Crippen LogP contribution is 2.46. The third-order valence-corrected chi connectivity index (χ3v) is 3.72. The highest BCUT2D eigenvalue weighted by molar-refractivity contribution is 5.72. The molecule has 4 heteroatoms. The van der Waals surface area contributed by atoms with Crippen LogP contribution in [0.15, 0.2) is 27.4 Å². The minimum Gasteiger partial charge on any atom is -0.408 e. The van der Waals surface area contributed by atoms with Crippen LogP contribution in [0.3, 0.4) is 0 Å². The van der Waals surface area contributed by atoms with Crippen molar-refractivity contribution in [3.05, 3.63) is 34.3 Å². The quantitative estimate of drug-likeness (QED) is 0.851. The van der Waals surface area contributed by atoms with Crippen LogP contribution in [0.1, 0.15) is 24.9 Å². The summed E-state index contributed by atoms with van der Waals surface area (Å²) in [6.07, 6.45) is 1.26. The van der Waals surface area contributed by atoms with E-state index in [2.05, 4.69) is 23.3 Å². The summed E-state index contributed by atoms with van der Waals surface area (Å²) < 4.78 is 5.09. The Morgan fingerprint density at radius 1 is 1.53 bits per heavy atom. The number of fused-ring (bicyclic) bond motifs is 1. The number of hydrogen-bond donors (Lipinski definition) is 2. The number of nitrogens with one attached hydrogen (secondary N) is 2. The first-order valence-electron chi connectivity index (χ1n) is 5.99. The molecular formula is C13H16N2O2. The molecule has 3 rings (SSSR count). The van der Waals surface area contributed by atoms with Gasteiger partial charge in [-0.1, -0.05) is 13.0 Å². The van der Waals surface area contributed by atoms with Crippen LogP contribution in [-0.2, 0) is 0 Å². The highest BCUT2D eigenvalue weighted by atomic mass is 16.4. The van der Waals surface area contributed by atoms with Gasteiger partial charge in [0, 0.05) is 6.04 Å². The standard InChI is InChI=1S/C13H16N2O2/c1-7-5-9(7)12(14-2)8-3-4-10-11(6-8)17-13(16)15-10/h3-4,6-7,9,12,14H,5H2,1-2H3,(H,15,16). The molecule has 0 saturated heterocycles. The summed E-state index contributed by atoms with van der Waals surface area (Å²) in [6.45, 7) is 2.27. The van der Waals surface area contributed by atoms with E-state index in [1.54, 1.807) is 0 Å². The lowest BCUT2D eigenvalue weighted by Gasteiger charge is -2.16. The van der Waals surface area contributed by atoms with Crippen molar-refractivity contribution >= 4 is 11.1 Å². The zero-order valence-electron chi connectivity index (χ0n) is 9.99. The molecule has 3 unspecified atom stereocenters. The summed E-state index contributed by atoms with van der Waals surface area (Å²) in [4.78, 5) is 13.8. The Balaban J connectivity index is 2.01. The molecule has 1 aliphatic carbocycles. The van der Waals surface area contributed by atoms with Crippen molar-refractivity contribution in [3.63, 3.8) is 0 Å². The van der Waals surface area contributed by atoms with E-state index in [1.165, 1.54) is 12.0 Å². The van der Waals surface area contributed by atoms with E-state index in [4.69, 9.17) is 4.42 Å². The van der Waals surface area contributed by atoms with Crippen LogP contribution < -0.4 is 11.1 Å². The van der Waals surface area contributed by atoms with Crippen molar-refractivity contribution < 1.29 is 4.42 Å². The van der Waals surface area contributed by atoms with Crippen molar-refractivity contribution in [2.75, 3.05) is 7.05 Å². The molecule has 1 aromatic carbocycles. The Labute approximate surface area is 99.0 Å². The third-order valence-electron chi connectivity index (χ3n) is 3.72. The molecule has 2 aromatic rings. The van der Waals surface area contributed by atoms with Crippen molar-refractivity contribution in [3.8, 4) is 0 Å². The first kappa shape index (κ1) is 10.6. The van der Waals surface area contributed by atoms with Gasteiger partial charge in [-0.05, 0) is 43.0 Å². The summed E-state index contributed by atoms with van der Waals surface area (Å²) in [6, 6.07) is 6.28. The van der Waals surface area contributed by atoms with Gasteiger partial charge in [-0.15, -0.1) is 0 Å². The van der Waals surface area contributed by atoms with Gasteiger partial charge < -0.3 is 9.73 Å². The molecule has 2 N–H and O–H groups in total. The SMILES string of the molecule is CNC(c1ccc2[nH]c(=O)oc2c1)C1CC1C. The van der Waals surface area contributed by atoms with Crippen molar-refractivity contribution in [1.29, 1.82) is 0 Å². The summed E-state index contributed by atoms with van der Waals surface area (Å²) in [5.74, 6) is 1.09. The fourth-order valence-electron chi connectivity index (χ4n) is 2.60. The van der Waals surface area contributed by atoms with Crippen LogP contribution in [0.2, 0.25) is 0 Å². The number of hydrogen-bond acceptors (Lipinski definition) is 3.